The Morgan fingerprint density at radius 3 is 2.52 bits per heavy atom. The molecule has 1 aliphatic rings. The van der Waals surface area contributed by atoms with Gasteiger partial charge in [-0.25, -0.2) is 0 Å². The molecule has 0 radical (unpaired) electrons. The number of aromatic hydroxyl groups is 2. The summed E-state index contributed by atoms with van der Waals surface area (Å²) >= 11 is 0. The molecule has 0 aliphatic carbocycles. The Kier molecular flexibility index (Phi) is 3.73. The maximum atomic E-state index is 12.3. The second-order valence-electron chi connectivity index (χ2n) is 5.19. The van der Waals surface area contributed by atoms with Crippen molar-refractivity contribution in [2.24, 2.45) is 0 Å². The van der Waals surface area contributed by atoms with E-state index in [0.717, 1.165) is 11.6 Å². The lowest BCUT2D eigenvalue weighted by atomic mass is 9.95. The van der Waals surface area contributed by atoms with Crippen LogP contribution in [0.4, 0.5) is 0 Å². The molecule has 6 heteroatoms. The largest absolute Gasteiger partial charge is 0.508 e. The first-order valence-corrected chi connectivity index (χ1v) is 7.01. The highest BCUT2D eigenvalue weighted by molar-refractivity contribution is 6.02. The van der Waals surface area contributed by atoms with E-state index in [1.165, 1.54) is 13.2 Å². The number of ketones is 1. The van der Waals surface area contributed by atoms with E-state index in [4.69, 9.17) is 14.2 Å². The molecule has 0 amide bonds. The first kappa shape index (κ1) is 15.0. The number of carbonyl (C=O) groups excluding carboxylic acids is 1. The smallest absolute Gasteiger partial charge is 0.174 e. The maximum Gasteiger partial charge on any atom is 0.174 e. The predicted molar refractivity (Wildman–Crippen MR) is 81.6 cm³/mol. The minimum atomic E-state index is -0.531. The summed E-state index contributed by atoms with van der Waals surface area (Å²) in [7, 11) is 3.07. The van der Waals surface area contributed by atoms with Crippen LogP contribution in [0.5, 0.6) is 28.7 Å². The number of Topliss-reactive ketones (excluding diaryl/α,β-unsaturated/α-hetero) is 1. The van der Waals surface area contributed by atoms with Gasteiger partial charge < -0.3 is 24.4 Å². The Labute approximate surface area is 132 Å². The Hall–Kier alpha value is -2.89. The van der Waals surface area contributed by atoms with Gasteiger partial charge in [0.05, 0.1) is 20.6 Å². The van der Waals surface area contributed by atoms with Crippen molar-refractivity contribution in [2.45, 2.75) is 12.5 Å². The van der Waals surface area contributed by atoms with E-state index in [1.807, 2.05) is 0 Å². The van der Waals surface area contributed by atoms with Gasteiger partial charge in [0.15, 0.2) is 17.3 Å². The molecule has 0 bridgehead atoms. The topological polar surface area (TPSA) is 85.2 Å². The highest BCUT2D eigenvalue weighted by Crippen LogP contribution is 2.42. The lowest BCUT2D eigenvalue weighted by molar-refractivity contribution is 0.0844. The SMILES string of the molecule is COc1ccc([C@@H]2CC(=O)c3c(O)cc(O)cc3O2)cc1OC. The number of hydrogen-bond acceptors (Lipinski definition) is 6. The molecule has 2 aromatic carbocycles. The molecule has 2 aromatic rings. The molecule has 120 valence electrons. The van der Waals surface area contributed by atoms with Gasteiger partial charge in [-0.1, -0.05) is 6.07 Å². The Bertz CT molecular complexity index is 768. The average molecular weight is 316 g/mol. The van der Waals surface area contributed by atoms with Crippen LogP contribution < -0.4 is 14.2 Å². The van der Waals surface area contributed by atoms with Gasteiger partial charge in [0.1, 0.15) is 28.9 Å². The van der Waals surface area contributed by atoms with E-state index in [-0.39, 0.29) is 35.0 Å². The lowest BCUT2D eigenvalue weighted by Crippen LogP contribution is -2.20. The molecule has 0 saturated heterocycles. The summed E-state index contributed by atoms with van der Waals surface area (Å²) in [6.07, 6.45) is -0.447. The molecule has 6 nitrogen and oxygen atoms in total. The van der Waals surface area contributed by atoms with Crippen LogP contribution in [-0.4, -0.2) is 30.2 Å². The van der Waals surface area contributed by atoms with Crippen molar-refractivity contribution >= 4 is 5.78 Å². The van der Waals surface area contributed by atoms with Crippen molar-refractivity contribution in [3.63, 3.8) is 0 Å². The van der Waals surface area contributed by atoms with Crippen LogP contribution >= 0.6 is 0 Å². The van der Waals surface area contributed by atoms with Gasteiger partial charge in [-0.3, -0.25) is 4.79 Å². The minimum absolute atomic E-state index is 0.0841. The van der Waals surface area contributed by atoms with Gasteiger partial charge in [-0.2, -0.15) is 0 Å². The summed E-state index contributed by atoms with van der Waals surface area (Å²) in [5, 5.41) is 19.4. The third-order valence-corrected chi connectivity index (χ3v) is 3.76. The summed E-state index contributed by atoms with van der Waals surface area (Å²) in [6, 6.07) is 7.70. The van der Waals surface area contributed by atoms with Crippen molar-refractivity contribution in [3.05, 3.63) is 41.5 Å². The van der Waals surface area contributed by atoms with Gasteiger partial charge >= 0.3 is 0 Å². The number of ether oxygens (including phenoxy) is 3. The standard InChI is InChI=1S/C17H16O6/c1-21-13-4-3-9(5-15(13)22-2)14-8-12(20)17-11(19)6-10(18)7-16(17)23-14/h3-7,14,18-19H,8H2,1-2H3/t14-/m0/s1. The summed E-state index contributed by atoms with van der Waals surface area (Å²) in [4.78, 5) is 12.3. The Morgan fingerprint density at radius 2 is 1.83 bits per heavy atom. The number of carbonyl (C=O) groups is 1. The molecule has 0 saturated carbocycles. The van der Waals surface area contributed by atoms with Gasteiger partial charge in [-0.15, -0.1) is 0 Å². The van der Waals surface area contributed by atoms with E-state index >= 15 is 0 Å². The fraction of sp³-hybridized carbons (Fsp3) is 0.235. The zero-order valence-electron chi connectivity index (χ0n) is 12.7. The van der Waals surface area contributed by atoms with Crippen LogP contribution in [0.3, 0.4) is 0 Å². The lowest BCUT2D eigenvalue weighted by Gasteiger charge is -2.26. The molecule has 0 fully saturated rings. The molecule has 0 unspecified atom stereocenters. The molecule has 1 aliphatic heterocycles. The summed E-state index contributed by atoms with van der Waals surface area (Å²) in [5.41, 5.74) is 0.837. The van der Waals surface area contributed by atoms with Crippen molar-refractivity contribution < 1.29 is 29.2 Å². The molecule has 23 heavy (non-hydrogen) atoms. The van der Waals surface area contributed by atoms with Crippen molar-refractivity contribution in [3.8, 4) is 28.7 Å². The number of benzene rings is 2. The third kappa shape index (κ3) is 2.63. The Balaban J connectivity index is 1.99. The summed E-state index contributed by atoms with van der Waals surface area (Å²) in [5.74, 6) is 0.583. The van der Waals surface area contributed by atoms with Crippen LogP contribution in [0.25, 0.3) is 0 Å². The van der Waals surface area contributed by atoms with Gasteiger partial charge in [0.2, 0.25) is 0 Å². The van der Waals surface area contributed by atoms with Gasteiger partial charge in [0, 0.05) is 12.1 Å². The fourth-order valence-corrected chi connectivity index (χ4v) is 2.66. The second-order valence-corrected chi connectivity index (χ2v) is 5.19. The zero-order chi connectivity index (χ0) is 16.6. The zero-order valence-corrected chi connectivity index (χ0v) is 12.7. The van der Waals surface area contributed by atoms with E-state index in [9.17, 15) is 15.0 Å². The molecule has 2 N–H and O–H groups in total. The van der Waals surface area contributed by atoms with Crippen LogP contribution in [0.1, 0.15) is 28.4 Å². The van der Waals surface area contributed by atoms with E-state index in [0.29, 0.717) is 11.5 Å². The normalized spacial score (nSPS) is 16.4. The number of hydrogen-bond donors (Lipinski definition) is 2. The average Bonchev–Trinajstić information content (AvgIpc) is 2.52. The summed E-state index contributed by atoms with van der Waals surface area (Å²) < 4.78 is 16.2. The van der Waals surface area contributed by atoms with E-state index in [2.05, 4.69) is 0 Å². The van der Waals surface area contributed by atoms with Crippen LogP contribution in [0.15, 0.2) is 30.3 Å². The quantitative estimate of drug-likeness (QED) is 0.905. The number of methoxy groups -OCH3 is 2. The second kappa shape index (κ2) is 5.72. The molecule has 1 atom stereocenters. The molecule has 0 spiro atoms. The number of fused-ring (bicyclic) bond motifs is 1. The molecular weight excluding hydrogens is 300 g/mol. The van der Waals surface area contributed by atoms with Gasteiger partial charge in [-0.05, 0) is 17.7 Å². The maximum absolute atomic E-state index is 12.3. The fourth-order valence-electron chi connectivity index (χ4n) is 2.66. The molecule has 3 rings (SSSR count). The number of phenols is 2. The van der Waals surface area contributed by atoms with Crippen molar-refractivity contribution in [2.75, 3.05) is 14.2 Å². The van der Waals surface area contributed by atoms with Gasteiger partial charge in [0.25, 0.3) is 0 Å². The van der Waals surface area contributed by atoms with Crippen LogP contribution in [0, 0.1) is 0 Å². The minimum Gasteiger partial charge on any atom is -0.508 e. The molecular formula is C17H16O6. The van der Waals surface area contributed by atoms with E-state index in [1.54, 1.807) is 25.3 Å². The first-order chi connectivity index (χ1) is 11.0. The number of phenolic OH excluding ortho intramolecular Hbond substituents is 2. The van der Waals surface area contributed by atoms with Crippen LogP contribution in [0.2, 0.25) is 0 Å². The predicted octanol–water partition coefficient (Wildman–Crippen LogP) is 2.82. The Morgan fingerprint density at radius 1 is 1.09 bits per heavy atom. The highest BCUT2D eigenvalue weighted by atomic mass is 16.5. The van der Waals surface area contributed by atoms with Crippen molar-refractivity contribution in [1.29, 1.82) is 0 Å². The summed E-state index contributed by atoms with van der Waals surface area (Å²) in [6.45, 7) is 0. The molecule has 1 heterocycles. The molecule has 0 aromatic heterocycles. The first-order valence-electron chi connectivity index (χ1n) is 7.01. The van der Waals surface area contributed by atoms with Crippen molar-refractivity contribution in [1.82, 2.24) is 0 Å². The number of rotatable bonds is 3. The highest BCUT2D eigenvalue weighted by Gasteiger charge is 2.31. The van der Waals surface area contributed by atoms with Crippen LogP contribution in [-0.2, 0) is 0 Å². The van der Waals surface area contributed by atoms with E-state index < -0.39 is 6.10 Å². The monoisotopic (exact) mass is 316 g/mol. The third-order valence-electron chi connectivity index (χ3n) is 3.76.